The second kappa shape index (κ2) is 7.02. The number of amides is 1. The Morgan fingerprint density at radius 3 is 2.61 bits per heavy atom. The maximum absolute atomic E-state index is 12.1. The van der Waals surface area contributed by atoms with Gasteiger partial charge in [-0.3, -0.25) is 4.79 Å². The monoisotopic (exact) mass is 317 g/mol. The third-order valence-electron chi connectivity index (χ3n) is 5.06. The van der Waals surface area contributed by atoms with Crippen LogP contribution in [0.1, 0.15) is 31.7 Å². The van der Waals surface area contributed by atoms with Gasteiger partial charge in [-0.1, -0.05) is 30.3 Å². The van der Waals surface area contributed by atoms with Gasteiger partial charge in [-0.2, -0.15) is 0 Å². The van der Waals surface area contributed by atoms with Gasteiger partial charge in [0.1, 0.15) is 6.61 Å². The molecule has 2 aliphatic rings. The van der Waals surface area contributed by atoms with Crippen molar-refractivity contribution in [1.82, 2.24) is 5.32 Å². The van der Waals surface area contributed by atoms with E-state index in [-0.39, 0.29) is 30.6 Å². The fraction of sp³-hybridized carbons (Fsp3) is 0.556. The molecule has 1 aromatic carbocycles. The Morgan fingerprint density at radius 2 is 1.87 bits per heavy atom. The van der Waals surface area contributed by atoms with E-state index in [1.165, 1.54) is 6.92 Å². The molecule has 2 fully saturated rings. The zero-order valence-corrected chi connectivity index (χ0v) is 13.4. The first kappa shape index (κ1) is 15.8. The lowest BCUT2D eigenvalue weighted by atomic mass is 9.85. The number of hydrogen-bond donors (Lipinski definition) is 1. The molecule has 0 spiro atoms. The van der Waals surface area contributed by atoms with Crippen LogP contribution in [0.5, 0.6) is 0 Å². The van der Waals surface area contributed by atoms with Gasteiger partial charge in [0.25, 0.3) is 0 Å². The predicted molar refractivity (Wildman–Crippen MR) is 84.5 cm³/mol. The van der Waals surface area contributed by atoms with E-state index in [0.29, 0.717) is 18.4 Å². The topological polar surface area (TPSA) is 64.6 Å². The summed E-state index contributed by atoms with van der Waals surface area (Å²) < 4.78 is 10.5. The van der Waals surface area contributed by atoms with E-state index in [1.807, 2.05) is 30.3 Å². The Morgan fingerprint density at radius 1 is 1.13 bits per heavy atom. The van der Waals surface area contributed by atoms with Crippen molar-refractivity contribution >= 4 is 12.1 Å². The molecule has 0 aliphatic heterocycles. The molecule has 0 heterocycles. The van der Waals surface area contributed by atoms with Crippen molar-refractivity contribution in [3.63, 3.8) is 0 Å². The van der Waals surface area contributed by atoms with Crippen LogP contribution in [0.15, 0.2) is 30.3 Å². The first-order valence-electron chi connectivity index (χ1n) is 8.24. The molecule has 0 saturated heterocycles. The van der Waals surface area contributed by atoms with Gasteiger partial charge >= 0.3 is 12.1 Å². The number of ether oxygens (including phenoxy) is 2. The summed E-state index contributed by atoms with van der Waals surface area (Å²) in [5, 5.41) is 3.00. The van der Waals surface area contributed by atoms with Crippen LogP contribution in [0.3, 0.4) is 0 Å². The number of hydrogen-bond acceptors (Lipinski definition) is 4. The highest BCUT2D eigenvalue weighted by Gasteiger charge is 2.48. The summed E-state index contributed by atoms with van der Waals surface area (Å²) in [5.74, 6) is 0.962. The minimum absolute atomic E-state index is 0.0522. The van der Waals surface area contributed by atoms with E-state index in [4.69, 9.17) is 9.47 Å². The van der Waals surface area contributed by atoms with Crippen molar-refractivity contribution in [3.8, 4) is 0 Å². The van der Waals surface area contributed by atoms with Gasteiger partial charge in [0.05, 0.1) is 6.61 Å². The molecule has 124 valence electrons. The van der Waals surface area contributed by atoms with Crippen molar-refractivity contribution < 1.29 is 19.1 Å². The Kier molecular flexibility index (Phi) is 4.84. The first-order chi connectivity index (χ1) is 11.1. The smallest absolute Gasteiger partial charge is 0.407 e. The number of fused-ring (bicyclic) bond motifs is 2. The summed E-state index contributed by atoms with van der Waals surface area (Å²) >= 11 is 0. The molecule has 3 rings (SSSR count). The van der Waals surface area contributed by atoms with Crippen LogP contribution in [0, 0.1) is 17.8 Å². The molecule has 23 heavy (non-hydrogen) atoms. The zero-order chi connectivity index (χ0) is 16.2. The van der Waals surface area contributed by atoms with E-state index >= 15 is 0 Å². The second-order valence-electron chi connectivity index (χ2n) is 6.53. The van der Waals surface area contributed by atoms with Crippen molar-refractivity contribution in [2.24, 2.45) is 17.8 Å². The lowest BCUT2D eigenvalue weighted by Gasteiger charge is -2.30. The van der Waals surface area contributed by atoms with Crippen LogP contribution in [-0.4, -0.2) is 24.7 Å². The second-order valence-corrected chi connectivity index (χ2v) is 6.53. The van der Waals surface area contributed by atoms with Gasteiger partial charge in [-0.25, -0.2) is 4.79 Å². The molecule has 5 nitrogen and oxygen atoms in total. The average Bonchev–Trinajstić information content (AvgIpc) is 3.14. The standard InChI is InChI=1S/C18H23NO4/c1-12(20)22-11-16-14-7-8-15(9-14)17(16)19-18(21)23-10-13-5-3-2-4-6-13/h2-6,14-17H,7-11H2,1H3,(H,19,21)/t14-,15+,16+,17-/m1/s1. The minimum Gasteiger partial charge on any atom is -0.465 e. The van der Waals surface area contributed by atoms with Gasteiger partial charge < -0.3 is 14.8 Å². The van der Waals surface area contributed by atoms with Crippen molar-refractivity contribution in [2.45, 2.75) is 38.8 Å². The highest BCUT2D eigenvalue weighted by Crippen LogP contribution is 2.48. The molecule has 0 radical (unpaired) electrons. The fourth-order valence-corrected chi connectivity index (χ4v) is 3.99. The van der Waals surface area contributed by atoms with Crippen LogP contribution < -0.4 is 5.32 Å². The molecule has 4 atom stereocenters. The summed E-state index contributed by atoms with van der Waals surface area (Å²) in [6.45, 7) is 2.08. The van der Waals surface area contributed by atoms with Gasteiger partial charge in [-0.15, -0.1) is 0 Å². The number of carbonyl (C=O) groups excluding carboxylic acids is 2. The van der Waals surface area contributed by atoms with Crippen LogP contribution in [0.25, 0.3) is 0 Å². The number of nitrogens with one attached hydrogen (secondary N) is 1. The predicted octanol–water partition coefficient (Wildman–Crippen LogP) is 2.89. The number of alkyl carbamates (subject to hydrolysis) is 1. The molecule has 2 bridgehead atoms. The molecule has 1 aromatic rings. The molecule has 5 heteroatoms. The molecule has 2 saturated carbocycles. The maximum atomic E-state index is 12.1. The fourth-order valence-electron chi connectivity index (χ4n) is 3.99. The number of benzene rings is 1. The van der Waals surface area contributed by atoms with Gasteiger partial charge in [-0.05, 0) is 36.7 Å². The Labute approximate surface area is 136 Å². The first-order valence-corrected chi connectivity index (χ1v) is 8.24. The normalized spacial score (nSPS) is 28.4. The number of carbonyl (C=O) groups is 2. The summed E-state index contributed by atoms with van der Waals surface area (Å²) in [5.41, 5.74) is 0.965. The Bertz CT molecular complexity index is 559. The van der Waals surface area contributed by atoms with Crippen molar-refractivity contribution in [2.75, 3.05) is 6.61 Å². The Hall–Kier alpha value is -2.04. The van der Waals surface area contributed by atoms with E-state index in [0.717, 1.165) is 24.8 Å². The van der Waals surface area contributed by atoms with Crippen molar-refractivity contribution in [1.29, 1.82) is 0 Å². The number of rotatable bonds is 5. The molecule has 0 unspecified atom stereocenters. The SMILES string of the molecule is CC(=O)OC[C@H]1[C@@H]2CC[C@@H](C2)[C@H]1NC(=O)OCc1ccccc1. The third kappa shape index (κ3) is 3.84. The molecule has 2 aliphatic carbocycles. The molecular formula is C18H23NO4. The Balaban J connectivity index is 1.52. The van der Waals surface area contributed by atoms with Crippen LogP contribution >= 0.6 is 0 Å². The van der Waals surface area contributed by atoms with E-state index in [2.05, 4.69) is 5.32 Å². The zero-order valence-electron chi connectivity index (χ0n) is 13.4. The lowest BCUT2D eigenvalue weighted by Crippen LogP contribution is -2.45. The highest BCUT2D eigenvalue weighted by molar-refractivity contribution is 5.68. The molecule has 1 amide bonds. The van der Waals surface area contributed by atoms with E-state index in [1.54, 1.807) is 0 Å². The summed E-state index contributed by atoms with van der Waals surface area (Å²) in [4.78, 5) is 23.2. The van der Waals surface area contributed by atoms with Gasteiger partial charge in [0, 0.05) is 18.9 Å². The highest BCUT2D eigenvalue weighted by atomic mass is 16.5. The van der Waals surface area contributed by atoms with Crippen molar-refractivity contribution in [3.05, 3.63) is 35.9 Å². The molecular weight excluding hydrogens is 294 g/mol. The van der Waals surface area contributed by atoms with E-state index in [9.17, 15) is 9.59 Å². The minimum atomic E-state index is -0.390. The maximum Gasteiger partial charge on any atom is 0.407 e. The van der Waals surface area contributed by atoms with Crippen LogP contribution in [0.4, 0.5) is 4.79 Å². The molecule has 1 N–H and O–H groups in total. The summed E-state index contributed by atoms with van der Waals surface area (Å²) in [6.07, 6.45) is 3.01. The summed E-state index contributed by atoms with van der Waals surface area (Å²) in [7, 11) is 0. The molecule has 0 aromatic heterocycles. The van der Waals surface area contributed by atoms with Gasteiger partial charge in [0.2, 0.25) is 0 Å². The number of esters is 1. The van der Waals surface area contributed by atoms with Crippen LogP contribution in [-0.2, 0) is 20.9 Å². The lowest BCUT2D eigenvalue weighted by molar-refractivity contribution is -0.143. The quantitative estimate of drug-likeness (QED) is 0.848. The average molecular weight is 317 g/mol. The van der Waals surface area contributed by atoms with Gasteiger partial charge in [0.15, 0.2) is 0 Å². The largest absolute Gasteiger partial charge is 0.465 e. The third-order valence-corrected chi connectivity index (χ3v) is 5.06. The van der Waals surface area contributed by atoms with E-state index < -0.39 is 0 Å². The van der Waals surface area contributed by atoms with Crippen LogP contribution in [0.2, 0.25) is 0 Å². The summed E-state index contributed by atoms with van der Waals surface area (Å²) in [6, 6.07) is 9.67.